The Hall–Kier alpha value is -1.02. The Kier molecular flexibility index (Phi) is 3.96. The van der Waals surface area contributed by atoms with E-state index in [-0.39, 0.29) is 5.78 Å². The van der Waals surface area contributed by atoms with Crippen LogP contribution in [0.4, 0.5) is 0 Å². The summed E-state index contributed by atoms with van der Waals surface area (Å²) < 4.78 is 0. The molecule has 0 fully saturated rings. The van der Waals surface area contributed by atoms with Gasteiger partial charge in [-0.2, -0.15) is 0 Å². The van der Waals surface area contributed by atoms with Crippen LogP contribution in [0.1, 0.15) is 21.5 Å². The van der Waals surface area contributed by atoms with E-state index in [1.807, 2.05) is 13.0 Å². The number of hydrogen-bond donors (Lipinski definition) is 0. The molecule has 2 rings (SSSR count). The van der Waals surface area contributed by atoms with E-state index in [2.05, 4.69) is 0 Å². The van der Waals surface area contributed by atoms with Gasteiger partial charge in [-0.05, 0) is 36.8 Å². The standard InChI is InChI=1S/C14H9Cl3O/c1-8-3-2-4-11(13(8)17)14(18)10-6-5-9(15)7-12(10)16/h2-7H,1H3. The van der Waals surface area contributed by atoms with Gasteiger partial charge in [-0.3, -0.25) is 4.79 Å². The zero-order valence-electron chi connectivity index (χ0n) is 9.51. The van der Waals surface area contributed by atoms with Crippen LogP contribution in [0, 0.1) is 6.92 Å². The first-order valence-corrected chi connectivity index (χ1v) is 6.39. The van der Waals surface area contributed by atoms with E-state index in [1.54, 1.807) is 30.3 Å². The lowest BCUT2D eigenvalue weighted by Crippen LogP contribution is -2.03. The van der Waals surface area contributed by atoms with Crippen molar-refractivity contribution in [3.05, 3.63) is 68.2 Å². The fraction of sp³-hybridized carbons (Fsp3) is 0.0714. The molecule has 0 heterocycles. The number of benzene rings is 2. The van der Waals surface area contributed by atoms with Crippen LogP contribution < -0.4 is 0 Å². The van der Waals surface area contributed by atoms with Crippen molar-refractivity contribution in [3.8, 4) is 0 Å². The lowest BCUT2D eigenvalue weighted by molar-refractivity contribution is 0.103. The van der Waals surface area contributed by atoms with E-state index in [0.717, 1.165) is 5.56 Å². The molecule has 0 saturated heterocycles. The molecule has 0 unspecified atom stereocenters. The van der Waals surface area contributed by atoms with Crippen LogP contribution in [-0.2, 0) is 0 Å². The fourth-order valence-corrected chi connectivity index (χ4v) is 2.35. The maximum Gasteiger partial charge on any atom is 0.196 e. The summed E-state index contributed by atoms with van der Waals surface area (Å²) in [4.78, 5) is 12.3. The molecule has 4 heteroatoms. The molecular formula is C14H9Cl3O. The second kappa shape index (κ2) is 5.31. The molecule has 0 bridgehead atoms. The number of ketones is 1. The SMILES string of the molecule is Cc1cccc(C(=O)c2ccc(Cl)cc2Cl)c1Cl. The van der Waals surface area contributed by atoms with E-state index >= 15 is 0 Å². The van der Waals surface area contributed by atoms with Crippen LogP contribution in [0.15, 0.2) is 36.4 Å². The van der Waals surface area contributed by atoms with E-state index < -0.39 is 0 Å². The highest BCUT2D eigenvalue weighted by Gasteiger charge is 2.16. The first kappa shape index (κ1) is 13.4. The summed E-state index contributed by atoms with van der Waals surface area (Å²) in [7, 11) is 0. The number of carbonyl (C=O) groups excluding carboxylic acids is 1. The molecule has 0 radical (unpaired) electrons. The van der Waals surface area contributed by atoms with Crippen molar-refractivity contribution in [3.63, 3.8) is 0 Å². The maximum absolute atomic E-state index is 12.3. The summed E-state index contributed by atoms with van der Waals surface area (Å²) in [6.07, 6.45) is 0. The van der Waals surface area contributed by atoms with Crippen LogP contribution in [0.3, 0.4) is 0 Å². The predicted molar refractivity (Wildman–Crippen MR) is 76.1 cm³/mol. The van der Waals surface area contributed by atoms with Gasteiger partial charge in [0.2, 0.25) is 0 Å². The van der Waals surface area contributed by atoms with Gasteiger partial charge in [-0.15, -0.1) is 0 Å². The first-order valence-electron chi connectivity index (χ1n) is 5.25. The second-order valence-electron chi connectivity index (χ2n) is 3.89. The average molecular weight is 300 g/mol. The van der Waals surface area contributed by atoms with Crippen molar-refractivity contribution in [2.45, 2.75) is 6.92 Å². The Bertz CT molecular complexity index is 620. The Morgan fingerprint density at radius 1 is 1.00 bits per heavy atom. The number of carbonyl (C=O) groups is 1. The van der Waals surface area contributed by atoms with Gasteiger partial charge < -0.3 is 0 Å². The van der Waals surface area contributed by atoms with E-state index in [1.165, 1.54) is 0 Å². The summed E-state index contributed by atoms with van der Waals surface area (Å²) in [6.45, 7) is 1.85. The molecule has 0 spiro atoms. The van der Waals surface area contributed by atoms with Gasteiger partial charge in [0.05, 0.1) is 10.0 Å². The summed E-state index contributed by atoms with van der Waals surface area (Å²) >= 11 is 18.0. The van der Waals surface area contributed by atoms with E-state index in [9.17, 15) is 4.79 Å². The molecule has 0 N–H and O–H groups in total. The summed E-state index contributed by atoms with van der Waals surface area (Å²) in [6, 6.07) is 10.1. The fourth-order valence-electron chi connectivity index (χ4n) is 1.64. The molecule has 0 aliphatic heterocycles. The minimum atomic E-state index is -0.203. The van der Waals surface area contributed by atoms with Crippen molar-refractivity contribution < 1.29 is 4.79 Å². The molecule has 0 atom stereocenters. The highest BCUT2D eigenvalue weighted by Crippen LogP contribution is 2.27. The minimum absolute atomic E-state index is 0.203. The monoisotopic (exact) mass is 298 g/mol. The van der Waals surface area contributed by atoms with Crippen LogP contribution >= 0.6 is 34.8 Å². The smallest absolute Gasteiger partial charge is 0.196 e. The lowest BCUT2D eigenvalue weighted by atomic mass is 10.0. The molecule has 2 aromatic rings. The molecular weight excluding hydrogens is 291 g/mol. The molecule has 92 valence electrons. The predicted octanol–water partition coefficient (Wildman–Crippen LogP) is 5.19. The zero-order chi connectivity index (χ0) is 13.3. The van der Waals surface area contributed by atoms with Crippen LogP contribution in [-0.4, -0.2) is 5.78 Å². The second-order valence-corrected chi connectivity index (χ2v) is 5.11. The van der Waals surface area contributed by atoms with E-state index in [4.69, 9.17) is 34.8 Å². The highest BCUT2D eigenvalue weighted by molar-refractivity contribution is 6.39. The first-order chi connectivity index (χ1) is 8.50. The summed E-state index contributed by atoms with van der Waals surface area (Å²) in [5, 5.41) is 1.27. The van der Waals surface area contributed by atoms with Crippen molar-refractivity contribution in [2.24, 2.45) is 0 Å². The number of hydrogen-bond acceptors (Lipinski definition) is 1. The maximum atomic E-state index is 12.3. The Balaban J connectivity index is 2.51. The molecule has 0 aromatic heterocycles. The summed E-state index contributed by atoms with van der Waals surface area (Å²) in [5.74, 6) is -0.203. The third-order valence-electron chi connectivity index (χ3n) is 2.61. The average Bonchev–Trinajstić information content (AvgIpc) is 2.32. The summed E-state index contributed by atoms with van der Waals surface area (Å²) in [5.41, 5.74) is 1.70. The Labute approximate surface area is 120 Å². The topological polar surface area (TPSA) is 17.1 Å². The molecule has 18 heavy (non-hydrogen) atoms. The molecule has 2 aromatic carbocycles. The minimum Gasteiger partial charge on any atom is -0.288 e. The van der Waals surface area contributed by atoms with Gasteiger partial charge in [-0.25, -0.2) is 0 Å². The van der Waals surface area contributed by atoms with Gasteiger partial charge in [-0.1, -0.05) is 46.9 Å². The largest absolute Gasteiger partial charge is 0.288 e. The normalized spacial score (nSPS) is 10.4. The third-order valence-corrected chi connectivity index (χ3v) is 3.66. The zero-order valence-corrected chi connectivity index (χ0v) is 11.8. The number of halogens is 3. The van der Waals surface area contributed by atoms with E-state index in [0.29, 0.717) is 26.2 Å². The highest BCUT2D eigenvalue weighted by atomic mass is 35.5. The molecule has 0 aliphatic carbocycles. The van der Waals surface area contributed by atoms with Crippen LogP contribution in [0.25, 0.3) is 0 Å². The van der Waals surface area contributed by atoms with Crippen molar-refractivity contribution in [1.29, 1.82) is 0 Å². The van der Waals surface area contributed by atoms with Gasteiger partial charge >= 0.3 is 0 Å². The van der Waals surface area contributed by atoms with Crippen molar-refractivity contribution in [2.75, 3.05) is 0 Å². The quantitative estimate of drug-likeness (QED) is 0.698. The number of rotatable bonds is 2. The van der Waals surface area contributed by atoms with Gasteiger partial charge in [0, 0.05) is 16.1 Å². The van der Waals surface area contributed by atoms with Gasteiger partial charge in [0.25, 0.3) is 0 Å². The number of aryl methyl sites for hydroxylation is 1. The lowest BCUT2D eigenvalue weighted by Gasteiger charge is -2.07. The van der Waals surface area contributed by atoms with Gasteiger partial charge in [0.1, 0.15) is 0 Å². The third kappa shape index (κ3) is 2.54. The van der Waals surface area contributed by atoms with Gasteiger partial charge in [0.15, 0.2) is 5.78 Å². The van der Waals surface area contributed by atoms with Crippen molar-refractivity contribution >= 4 is 40.6 Å². The molecule has 1 nitrogen and oxygen atoms in total. The van der Waals surface area contributed by atoms with Crippen LogP contribution in [0.2, 0.25) is 15.1 Å². The molecule has 0 aliphatic rings. The molecule has 0 saturated carbocycles. The van der Waals surface area contributed by atoms with Crippen LogP contribution in [0.5, 0.6) is 0 Å². The Morgan fingerprint density at radius 2 is 1.72 bits per heavy atom. The molecule has 0 amide bonds. The van der Waals surface area contributed by atoms with Crippen molar-refractivity contribution in [1.82, 2.24) is 0 Å². The Morgan fingerprint density at radius 3 is 2.39 bits per heavy atom.